The Morgan fingerprint density at radius 1 is 1.16 bits per heavy atom. The molecule has 3 rings (SSSR count). The SMILES string of the molecule is [C-]#[N+]c1c(Nc2ccc(F)cc2)sc(C(=O)c2ccc(Cl)cc2)c1N. The molecule has 4 nitrogen and oxygen atoms in total. The number of hydrogen-bond acceptors (Lipinski definition) is 4. The quantitative estimate of drug-likeness (QED) is 0.460. The Balaban J connectivity index is 1.97. The molecule has 0 saturated heterocycles. The molecule has 2 aromatic carbocycles. The van der Waals surface area contributed by atoms with E-state index in [1.165, 1.54) is 12.1 Å². The lowest BCUT2D eigenvalue weighted by Crippen LogP contribution is -2.01. The van der Waals surface area contributed by atoms with Crippen LogP contribution in [-0.4, -0.2) is 5.78 Å². The highest BCUT2D eigenvalue weighted by atomic mass is 35.5. The fourth-order valence-corrected chi connectivity index (χ4v) is 3.36. The number of nitrogens with two attached hydrogens (primary N) is 1. The number of nitrogens with zero attached hydrogens (tertiary/aromatic N) is 1. The highest BCUT2D eigenvalue weighted by Crippen LogP contribution is 2.44. The molecular weight excluding hydrogens is 361 g/mol. The van der Waals surface area contributed by atoms with E-state index < -0.39 is 0 Å². The van der Waals surface area contributed by atoms with E-state index in [9.17, 15) is 9.18 Å². The molecule has 3 aromatic rings. The Labute approximate surface area is 152 Å². The first-order valence-electron chi connectivity index (χ1n) is 7.12. The van der Waals surface area contributed by atoms with Crippen LogP contribution in [0.15, 0.2) is 48.5 Å². The van der Waals surface area contributed by atoms with Crippen LogP contribution in [0.1, 0.15) is 15.2 Å². The smallest absolute Gasteiger partial charge is 0.243 e. The van der Waals surface area contributed by atoms with Crippen molar-refractivity contribution in [2.75, 3.05) is 11.1 Å². The predicted octanol–water partition coefficient (Wildman–Crippen LogP) is 5.65. The lowest BCUT2D eigenvalue weighted by molar-refractivity contribution is 0.104. The third-order valence-electron chi connectivity index (χ3n) is 3.45. The van der Waals surface area contributed by atoms with E-state index in [1.54, 1.807) is 36.4 Å². The van der Waals surface area contributed by atoms with E-state index in [4.69, 9.17) is 23.9 Å². The van der Waals surface area contributed by atoms with Crippen molar-refractivity contribution in [3.8, 4) is 0 Å². The van der Waals surface area contributed by atoms with E-state index in [1.807, 2.05) is 0 Å². The van der Waals surface area contributed by atoms with Crippen molar-refractivity contribution in [2.24, 2.45) is 0 Å². The number of halogens is 2. The van der Waals surface area contributed by atoms with Crippen LogP contribution in [-0.2, 0) is 0 Å². The molecular formula is C18H11ClFN3OS. The summed E-state index contributed by atoms with van der Waals surface area (Å²) in [6.07, 6.45) is 0. The number of carbonyl (C=O) groups is 1. The Morgan fingerprint density at radius 2 is 1.80 bits per heavy atom. The first-order chi connectivity index (χ1) is 12.0. The lowest BCUT2D eigenvalue weighted by Gasteiger charge is -2.04. The van der Waals surface area contributed by atoms with Gasteiger partial charge in [-0.25, -0.2) is 9.24 Å². The maximum atomic E-state index is 13.0. The number of rotatable bonds is 4. The average Bonchev–Trinajstić information content (AvgIpc) is 2.92. The van der Waals surface area contributed by atoms with E-state index in [2.05, 4.69) is 10.2 Å². The van der Waals surface area contributed by atoms with Gasteiger partial charge in [0.25, 0.3) is 0 Å². The number of carbonyl (C=O) groups excluding carboxylic acids is 1. The number of ketones is 1. The molecule has 0 aliphatic rings. The van der Waals surface area contributed by atoms with Gasteiger partial charge in [0.2, 0.25) is 11.5 Å². The van der Waals surface area contributed by atoms with Crippen LogP contribution in [0, 0.1) is 12.4 Å². The summed E-state index contributed by atoms with van der Waals surface area (Å²) < 4.78 is 13.0. The summed E-state index contributed by atoms with van der Waals surface area (Å²) in [7, 11) is 0. The van der Waals surface area contributed by atoms with Gasteiger partial charge in [-0.1, -0.05) is 11.6 Å². The summed E-state index contributed by atoms with van der Waals surface area (Å²) in [4.78, 5) is 16.4. The van der Waals surface area contributed by atoms with Crippen molar-refractivity contribution in [3.63, 3.8) is 0 Å². The lowest BCUT2D eigenvalue weighted by atomic mass is 10.1. The first kappa shape index (κ1) is 17.0. The fraction of sp³-hybridized carbons (Fsp3) is 0. The van der Waals surface area contributed by atoms with Gasteiger partial charge < -0.3 is 11.1 Å². The van der Waals surface area contributed by atoms with Gasteiger partial charge in [-0.3, -0.25) is 4.79 Å². The molecule has 0 atom stereocenters. The molecule has 124 valence electrons. The molecule has 0 fully saturated rings. The zero-order valence-electron chi connectivity index (χ0n) is 12.7. The van der Waals surface area contributed by atoms with Crippen LogP contribution in [0.5, 0.6) is 0 Å². The number of anilines is 3. The minimum Gasteiger partial charge on any atom is -0.406 e. The summed E-state index contributed by atoms with van der Waals surface area (Å²) in [5.74, 6) is -0.642. The van der Waals surface area contributed by atoms with E-state index in [0.29, 0.717) is 21.3 Å². The van der Waals surface area contributed by atoms with Crippen LogP contribution in [0.2, 0.25) is 5.02 Å². The summed E-state index contributed by atoms with van der Waals surface area (Å²) in [6.45, 7) is 7.34. The largest absolute Gasteiger partial charge is 0.406 e. The first-order valence-corrected chi connectivity index (χ1v) is 8.31. The maximum absolute atomic E-state index is 13.0. The van der Waals surface area contributed by atoms with Crippen molar-refractivity contribution >= 4 is 50.8 Å². The molecule has 3 N–H and O–H groups in total. The second-order valence-corrected chi connectivity index (χ2v) is 6.56. The van der Waals surface area contributed by atoms with Crippen molar-refractivity contribution in [3.05, 3.63) is 81.2 Å². The van der Waals surface area contributed by atoms with Gasteiger partial charge >= 0.3 is 0 Å². The molecule has 0 saturated carbocycles. The van der Waals surface area contributed by atoms with Crippen molar-refractivity contribution in [1.82, 2.24) is 0 Å². The fourth-order valence-electron chi connectivity index (χ4n) is 2.20. The van der Waals surface area contributed by atoms with E-state index in [-0.39, 0.29) is 27.9 Å². The van der Waals surface area contributed by atoms with Crippen LogP contribution in [0.25, 0.3) is 4.85 Å². The standard InChI is InChI=1S/C18H11ClFN3OS/c1-22-15-14(21)17(16(24)10-2-4-11(19)5-3-10)25-18(15)23-13-8-6-12(20)7-9-13/h2-9,23H,21H2. The molecule has 0 aliphatic carbocycles. The molecule has 1 aromatic heterocycles. The zero-order chi connectivity index (χ0) is 18.0. The van der Waals surface area contributed by atoms with E-state index >= 15 is 0 Å². The molecule has 0 aliphatic heterocycles. The van der Waals surface area contributed by atoms with Crippen molar-refractivity contribution < 1.29 is 9.18 Å². The molecule has 0 radical (unpaired) electrons. The molecule has 0 unspecified atom stereocenters. The van der Waals surface area contributed by atoms with Crippen molar-refractivity contribution in [2.45, 2.75) is 0 Å². The normalized spacial score (nSPS) is 10.3. The summed E-state index contributed by atoms with van der Waals surface area (Å²) in [6, 6.07) is 12.1. The molecule has 0 spiro atoms. The van der Waals surface area contributed by atoms with Gasteiger partial charge in [-0.05, 0) is 48.5 Å². The number of benzene rings is 2. The highest BCUT2D eigenvalue weighted by molar-refractivity contribution is 7.19. The Kier molecular flexibility index (Phi) is 4.70. The highest BCUT2D eigenvalue weighted by Gasteiger charge is 2.22. The summed E-state index contributed by atoms with van der Waals surface area (Å²) >= 11 is 6.93. The molecule has 0 amide bonds. The van der Waals surface area contributed by atoms with Crippen LogP contribution in [0.3, 0.4) is 0 Å². The Morgan fingerprint density at radius 3 is 2.40 bits per heavy atom. The van der Waals surface area contributed by atoms with Gasteiger partial charge in [0.05, 0.1) is 17.1 Å². The Hall–Kier alpha value is -2.88. The Bertz CT molecular complexity index is 975. The molecule has 1 heterocycles. The molecule has 0 bridgehead atoms. The number of nitrogens with one attached hydrogen (secondary N) is 1. The van der Waals surface area contributed by atoms with Crippen molar-refractivity contribution in [1.29, 1.82) is 0 Å². The van der Waals surface area contributed by atoms with Gasteiger partial charge in [0.1, 0.15) is 10.8 Å². The topological polar surface area (TPSA) is 59.5 Å². The maximum Gasteiger partial charge on any atom is 0.243 e. The zero-order valence-corrected chi connectivity index (χ0v) is 14.3. The number of nitrogen functional groups attached to an aromatic ring is 1. The minimum atomic E-state index is -0.361. The number of thiophene rings is 1. The average molecular weight is 372 g/mol. The summed E-state index contributed by atoms with van der Waals surface area (Å²) in [5, 5.41) is 3.98. The van der Waals surface area contributed by atoms with E-state index in [0.717, 1.165) is 11.3 Å². The predicted molar refractivity (Wildman–Crippen MR) is 99.6 cm³/mol. The monoisotopic (exact) mass is 371 g/mol. The summed E-state index contributed by atoms with van der Waals surface area (Å²) in [5.41, 5.74) is 7.34. The van der Waals surface area contributed by atoms with Crippen LogP contribution >= 0.6 is 22.9 Å². The van der Waals surface area contributed by atoms with Crippen LogP contribution in [0.4, 0.5) is 26.5 Å². The third kappa shape index (κ3) is 3.48. The molecule has 7 heteroatoms. The third-order valence-corrected chi connectivity index (χ3v) is 4.81. The van der Waals surface area contributed by atoms with Gasteiger partial charge in [-0.15, -0.1) is 11.3 Å². The van der Waals surface area contributed by atoms with Gasteiger partial charge in [-0.2, -0.15) is 0 Å². The van der Waals surface area contributed by atoms with Gasteiger partial charge in [0.15, 0.2) is 0 Å². The second-order valence-electron chi connectivity index (χ2n) is 5.10. The van der Waals surface area contributed by atoms with Gasteiger partial charge in [0, 0.05) is 16.3 Å². The minimum absolute atomic E-state index is 0.129. The second kappa shape index (κ2) is 6.93. The number of hydrogen-bond donors (Lipinski definition) is 2. The molecule has 25 heavy (non-hydrogen) atoms. The van der Waals surface area contributed by atoms with Crippen LogP contribution < -0.4 is 11.1 Å².